The van der Waals surface area contributed by atoms with Crippen molar-refractivity contribution in [1.29, 1.82) is 0 Å². The van der Waals surface area contributed by atoms with Gasteiger partial charge in [-0.15, -0.1) is 0 Å². The van der Waals surface area contributed by atoms with E-state index in [2.05, 4.69) is 10.6 Å². The Balaban J connectivity index is 1.45. The second-order valence-corrected chi connectivity index (χ2v) is 7.43. The molecule has 0 aliphatic carbocycles. The maximum atomic E-state index is 13.2. The van der Waals surface area contributed by atoms with E-state index < -0.39 is 41.8 Å². The number of nitrogens with one attached hydrogen (secondary N) is 2. The van der Waals surface area contributed by atoms with Crippen LogP contribution in [0.2, 0.25) is 0 Å². The minimum absolute atomic E-state index is 0.431. The predicted molar refractivity (Wildman–Crippen MR) is 107 cm³/mol. The van der Waals surface area contributed by atoms with Crippen LogP contribution in [0.1, 0.15) is 31.2 Å². The van der Waals surface area contributed by atoms with Gasteiger partial charge in [-0.05, 0) is 43.7 Å². The standard InChI is InChI=1S/C22H20FN3O4/c1-13(18-11-14-5-3-4-6-17(14)30-18)24-19(27)12-26-20(28)22(2,25-21(26)29)15-7-9-16(23)10-8-15/h3-11,13H,12H2,1-2H3,(H,24,27)(H,25,29)/t13-,22+/m0/s1. The van der Waals surface area contributed by atoms with Crippen molar-refractivity contribution in [1.82, 2.24) is 15.5 Å². The fourth-order valence-electron chi connectivity index (χ4n) is 3.54. The van der Waals surface area contributed by atoms with E-state index in [4.69, 9.17) is 4.42 Å². The van der Waals surface area contributed by atoms with Gasteiger partial charge in [0.15, 0.2) is 0 Å². The summed E-state index contributed by atoms with van der Waals surface area (Å²) in [5.74, 6) is -0.965. The number of hydrogen-bond donors (Lipinski definition) is 2. The Bertz CT molecular complexity index is 1110. The van der Waals surface area contributed by atoms with Crippen LogP contribution in [0.25, 0.3) is 11.0 Å². The lowest BCUT2D eigenvalue weighted by Gasteiger charge is -2.22. The number of urea groups is 1. The molecule has 1 aromatic heterocycles. The van der Waals surface area contributed by atoms with Crippen LogP contribution in [0.3, 0.4) is 0 Å². The molecule has 2 heterocycles. The minimum Gasteiger partial charge on any atom is -0.459 e. The summed E-state index contributed by atoms with van der Waals surface area (Å²) in [6.07, 6.45) is 0. The average molecular weight is 409 g/mol. The molecule has 2 atom stereocenters. The van der Waals surface area contributed by atoms with Crippen molar-refractivity contribution < 1.29 is 23.2 Å². The molecule has 0 unspecified atom stereocenters. The van der Waals surface area contributed by atoms with Gasteiger partial charge in [-0.25, -0.2) is 9.18 Å². The van der Waals surface area contributed by atoms with Gasteiger partial charge in [-0.1, -0.05) is 30.3 Å². The monoisotopic (exact) mass is 409 g/mol. The highest BCUT2D eigenvalue weighted by Gasteiger charge is 2.49. The van der Waals surface area contributed by atoms with Crippen LogP contribution in [0, 0.1) is 5.82 Å². The normalized spacial score (nSPS) is 19.8. The molecule has 154 valence electrons. The summed E-state index contributed by atoms with van der Waals surface area (Å²) in [6, 6.07) is 13.5. The Labute approximate surface area is 171 Å². The summed E-state index contributed by atoms with van der Waals surface area (Å²) in [7, 11) is 0. The van der Waals surface area contributed by atoms with Crippen LogP contribution in [-0.4, -0.2) is 29.3 Å². The first-order valence-electron chi connectivity index (χ1n) is 9.46. The lowest BCUT2D eigenvalue weighted by atomic mass is 9.92. The molecule has 0 bridgehead atoms. The average Bonchev–Trinajstić information content (AvgIpc) is 3.24. The number of imide groups is 1. The molecule has 0 saturated carbocycles. The predicted octanol–water partition coefficient (Wildman–Crippen LogP) is 3.22. The van der Waals surface area contributed by atoms with Crippen molar-refractivity contribution in [3.63, 3.8) is 0 Å². The molecule has 8 heteroatoms. The van der Waals surface area contributed by atoms with Crippen LogP contribution in [0.5, 0.6) is 0 Å². The molecule has 2 aromatic carbocycles. The number of benzene rings is 2. The fraction of sp³-hybridized carbons (Fsp3) is 0.227. The SMILES string of the molecule is C[C@H](NC(=O)CN1C(=O)N[C@](C)(c2ccc(F)cc2)C1=O)c1cc2ccccc2o1. The van der Waals surface area contributed by atoms with Gasteiger partial charge in [0.1, 0.15) is 29.2 Å². The van der Waals surface area contributed by atoms with E-state index in [1.54, 1.807) is 6.92 Å². The minimum atomic E-state index is -1.37. The van der Waals surface area contributed by atoms with E-state index in [-0.39, 0.29) is 0 Å². The van der Waals surface area contributed by atoms with Crippen LogP contribution in [-0.2, 0) is 15.1 Å². The van der Waals surface area contributed by atoms with Crippen molar-refractivity contribution in [3.8, 4) is 0 Å². The Hall–Kier alpha value is -3.68. The molecule has 7 nitrogen and oxygen atoms in total. The number of furan rings is 1. The molecule has 4 rings (SSSR count). The second kappa shape index (κ2) is 7.29. The molecule has 0 spiro atoms. The second-order valence-electron chi connectivity index (χ2n) is 7.43. The number of carbonyl (C=O) groups is 3. The smallest absolute Gasteiger partial charge is 0.325 e. The van der Waals surface area contributed by atoms with Gasteiger partial charge in [0.25, 0.3) is 5.91 Å². The highest BCUT2D eigenvalue weighted by Crippen LogP contribution is 2.29. The molecule has 4 amide bonds. The van der Waals surface area contributed by atoms with Crippen molar-refractivity contribution in [2.75, 3.05) is 6.54 Å². The zero-order valence-corrected chi connectivity index (χ0v) is 16.4. The third-order valence-electron chi connectivity index (χ3n) is 5.25. The van der Waals surface area contributed by atoms with Crippen molar-refractivity contribution in [2.45, 2.75) is 25.4 Å². The van der Waals surface area contributed by atoms with Crippen molar-refractivity contribution >= 4 is 28.8 Å². The van der Waals surface area contributed by atoms with Crippen molar-refractivity contribution in [3.05, 3.63) is 71.7 Å². The lowest BCUT2D eigenvalue weighted by molar-refractivity contribution is -0.135. The molecule has 3 aromatic rings. The van der Waals surface area contributed by atoms with Gasteiger partial charge in [0, 0.05) is 5.39 Å². The number of amides is 4. The molecule has 1 fully saturated rings. The van der Waals surface area contributed by atoms with Crippen molar-refractivity contribution in [2.24, 2.45) is 0 Å². The van der Waals surface area contributed by atoms with E-state index in [0.717, 1.165) is 10.3 Å². The van der Waals surface area contributed by atoms with E-state index in [9.17, 15) is 18.8 Å². The number of nitrogens with zero attached hydrogens (tertiary/aromatic N) is 1. The zero-order valence-electron chi connectivity index (χ0n) is 16.4. The first-order valence-corrected chi connectivity index (χ1v) is 9.46. The molecular weight excluding hydrogens is 389 g/mol. The van der Waals surface area contributed by atoms with Gasteiger partial charge in [-0.2, -0.15) is 0 Å². The topological polar surface area (TPSA) is 91.7 Å². The first kappa shape index (κ1) is 19.6. The Morgan fingerprint density at radius 1 is 1.20 bits per heavy atom. The largest absolute Gasteiger partial charge is 0.459 e. The molecule has 1 aliphatic heterocycles. The number of para-hydroxylation sites is 1. The number of rotatable bonds is 5. The summed E-state index contributed by atoms with van der Waals surface area (Å²) in [6.45, 7) is 2.84. The third-order valence-corrected chi connectivity index (χ3v) is 5.25. The molecule has 0 radical (unpaired) electrons. The molecule has 2 N–H and O–H groups in total. The van der Waals surface area contributed by atoms with E-state index in [1.165, 1.54) is 31.2 Å². The molecule has 1 saturated heterocycles. The highest BCUT2D eigenvalue weighted by atomic mass is 19.1. The maximum Gasteiger partial charge on any atom is 0.325 e. The maximum absolute atomic E-state index is 13.2. The fourth-order valence-corrected chi connectivity index (χ4v) is 3.54. The zero-order chi connectivity index (χ0) is 21.5. The quantitative estimate of drug-likeness (QED) is 0.633. The summed E-state index contributed by atoms with van der Waals surface area (Å²) < 4.78 is 18.9. The van der Waals surface area contributed by atoms with Crippen LogP contribution in [0.15, 0.2) is 59.0 Å². The highest BCUT2D eigenvalue weighted by molar-refractivity contribution is 6.09. The van der Waals surface area contributed by atoms with Gasteiger partial charge in [0.2, 0.25) is 5.91 Å². The molecular formula is C22H20FN3O4. The van der Waals surface area contributed by atoms with E-state index >= 15 is 0 Å². The Morgan fingerprint density at radius 2 is 1.90 bits per heavy atom. The van der Waals surface area contributed by atoms with Gasteiger partial charge >= 0.3 is 6.03 Å². The number of fused-ring (bicyclic) bond motifs is 1. The van der Waals surface area contributed by atoms with Gasteiger partial charge in [-0.3, -0.25) is 14.5 Å². The van der Waals surface area contributed by atoms with Gasteiger partial charge < -0.3 is 15.1 Å². The summed E-state index contributed by atoms with van der Waals surface area (Å²) in [5.41, 5.74) is -0.228. The Kier molecular flexibility index (Phi) is 4.77. The van der Waals surface area contributed by atoms with E-state index in [0.29, 0.717) is 16.9 Å². The summed E-state index contributed by atoms with van der Waals surface area (Å²) in [5, 5.41) is 6.25. The Morgan fingerprint density at radius 3 is 2.60 bits per heavy atom. The molecule has 1 aliphatic rings. The molecule has 30 heavy (non-hydrogen) atoms. The third kappa shape index (κ3) is 3.41. The lowest BCUT2D eigenvalue weighted by Crippen LogP contribution is -2.43. The van der Waals surface area contributed by atoms with Crippen LogP contribution < -0.4 is 10.6 Å². The summed E-state index contributed by atoms with van der Waals surface area (Å²) >= 11 is 0. The first-order chi connectivity index (χ1) is 14.3. The van der Waals surface area contributed by atoms with E-state index in [1.807, 2.05) is 30.3 Å². The number of halogens is 1. The number of carbonyl (C=O) groups excluding carboxylic acids is 3. The van der Waals surface area contributed by atoms with Gasteiger partial charge in [0.05, 0.1) is 6.04 Å². The number of hydrogen-bond acceptors (Lipinski definition) is 4. The van der Waals surface area contributed by atoms with Crippen LogP contribution >= 0.6 is 0 Å². The van der Waals surface area contributed by atoms with Crippen LogP contribution in [0.4, 0.5) is 9.18 Å². The summed E-state index contributed by atoms with van der Waals surface area (Å²) in [4.78, 5) is 38.6.